The number of hydrogen-bond acceptors (Lipinski definition) is 5. The summed E-state index contributed by atoms with van der Waals surface area (Å²) in [4.78, 5) is 21.7. The topological polar surface area (TPSA) is 65.9 Å². The summed E-state index contributed by atoms with van der Waals surface area (Å²) in [5, 5.41) is 9.81. The second kappa shape index (κ2) is 8.70. The highest BCUT2D eigenvalue weighted by Gasteiger charge is 2.50. The number of carbonyl (C=O) groups is 1. The predicted molar refractivity (Wildman–Crippen MR) is 119 cm³/mol. The van der Waals surface area contributed by atoms with Crippen LogP contribution >= 0.6 is 0 Å². The molecule has 7 heteroatoms. The van der Waals surface area contributed by atoms with Crippen molar-refractivity contribution < 1.29 is 19.0 Å². The van der Waals surface area contributed by atoms with Crippen LogP contribution in [0.15, 0.2) is 42.7 Å². The molecular weight excluding hydrogens is 409 g/mol. The molecule has 1 aliphatic carbocycles. The monoisotopic (exact) mass is 439 g/mol. The van der Waals surface area contributed by atoms with Gasteiger partial charge in [0.2, 0.25) is 5.91 Å². The van der Waals surface area contributed by atoms with E-state index in [-0.39, 0.29) is 29.2 Å². The third kappa shape index (κ3) is 4.06. The third-order valence-electron chi connectivity index (χ3n) is 7.39. The average molecular weight is 440 g/mol. The Balaban J connectivity index is 1.29. The number of halogens is 1. The number of aliphatic hydroxyl groups excluding tert-OH is 1. The standard InChI is InChI=1S/C25H30FN3O3/c26-22-16-19(4-7-23(22)32-21-8-12-27-13-9-21)28-14-1-10-25(17-28)11-15-29(24(25)31)18-2-5-20(30)6-3-18/h4,7-9,12-13,16,18,20,30H,1-3,5-6,10-11,14-15,17H2/t18?,20?,25-/m0/s1. The lowest BCUT2D eigenvalue weighted by Crippen LogP contribution is -2.50. The van der Waals surface area contributed by atoms with Crippen molar-refractivity contribution >= 4 is 11.6 Å². The molecular formula is C25H30FN3O3. The van der Waals surface area contributed by atoms with E-state index in [9.17, 15) is 14.3 Å². The lowest BCUT2D eigenvalue weighted by molar-refractivity contribution is -0.139. The van der Waals surface area contributed by atoms with Gasteiger partial charge in [0.15, 0.2) is 11.6 Å². The molecule has 1 saturated carbocycles. The lowest BCUT2D eigenvalue weighted by atomic mass is 9.78. The van der Waals surface area contributed by atoms with Gasteiger partial charge in [-0.2, -0.15) is 0 Å². The number of hydrogen-bond donors (Lipinski definition) is 1. The lowest BCUT2D eigenvalue weighted by Gasteiger charge is -2.41. The van der Waals surface area contributed by atoms with Gasteiger partial charge in [-0.1, -0.05) is 0 Å². The normalized spacial score (nSPS) is 28.4. The van der Waals surface area contributed by atoms with E-state index in [2.05, 4.69) is 14.8 Å². The molecule has 1 N–H and O–H groups in total. The van der Waals surface area contributed by atoms with Gasteiger partial charge >= 0.3 is 0 Å². The number of likely N-dealkylation sites (tertiary alicyclic amines) is 1. The van der Waals surface area contributed by atoms with Crippen molar-refractivity contribution in [2.45, 2.75) is 57.1 Å². The highest BCUT2D eigenvalue weighted by atomic mass is 19.1. The first-order valence-electron chi connectivity index (χ1n) is 11.7. The molecule has 0 unspecified atom stereocenters. The largest absolute Gasteiger partial charge is 0.454 e. The molecule has 2 aromatic rings. The van der Waals surface area contributed by atoms with Crippen LogP contribution in [0.2, 0.25) is 0 Å². The zero-order valence-electron chi connectivity index (χ0n) is 18.3. The molecule has 1 atom stereocenters. The predicted octanol–water partition coefficient (Wildman–Crippen LogP) is 4.14. The van der Waals surface area contributed by atoms with E-state index in [0.29, 0.717) is 12.3 Å². The number of aromatic nitrogens is 1. The summed E-state index contributed by atoms with van der Waals surface area (Å²) in [6, 6.07) is 8.66. The van der Waals surface area contributed by atoms with E-state index >= 15 is 0 Å². The van der Waals surface area contributed by atoms with Crippen LogP contribution in [0.5, 0.6) is 11.5 Å². The summed E-state index contributed by atoms with van der Waals surface area (Å²) in [5.41, 5.74) is 0.410. The van der Waals surface area contributed by atoms with E-state index in [1.54, 1.807) is 30.6 Å². The highest BCUT2D eigenvalue weighted by Crippen LogP contribution is 2.43. The van der Waals surface area contributed by atoms with Crippen molar-refractivity contribution in [3.63, 3.8) is 0 Å². The van der Waals surface area contributed by atoms with Gasteiger partial charge in [-0.25, -0.2) is 4.39 Å². The minimum absolute atomic E-state index is 0.175. The molecule has 0 radical (unpaired) electrons. The van der Waals surface area contributed by atoms with E-state index in [1.807, 2.05) is 6.07 Å². The van der Waals surface area contributed by atoms with Gasteiger partial charge in [-0.05, 0) is 69.2 Å². The summed E-state index contributed by atoms with van der Waals surface area (Å²) < 4.78 is 20.4. The molecule has 1 amide bonds. The zero-order valence-corrected chi connectivity index (χ0v) is 18.3. The summed E-state index contributed by atoms with van der Waals surface area (Å²) in [6.07, 6.45) is 8.98. The number of benzene rings is 1. The number of amides is 1. The van der Waals surface area contributed by atoms with Crippen LogP contribution in [-0.2, 0) is 4.79 Å². The minimum Gasteiger partial charge on any atom is -0.454 e. The Hall–Kier alpha value is -2.67. The first-order valence-corrected chi connectivity index (χ1v) is 11.7. The highest BCUT2D eigenvalue weighted by molar-refractivity contribution is 5.86. The number of aliphatic hydroxyl groups is 1. The van der Waals surface area contributed by atoms with Gasteiger partial charge in [0.25, 0.3) is 0 Å². The zero-order chi connectivity index (χ0) is 22.1. The molecule has 1 aromatic heterocycles. The maximum absolute atomic E-state index is 14.8. The second-order valence-electron chi connectivity index (χ2n) is 9.42. The molecule has 5 rings (SSSR count). The van der Waals surface area contributed by atoms with Crippen LogP contribution in [0, 0.1) is 11.2 Å². The Bertz CT molecular complexity index is 964. The van der Waals surface area contributed by atoms with Crippen molar-refractivity contribution in [2.24, 2.45) is 5.41 Å². The fourth-order valence-corrected chi connectivity index (χ4v) is 5.60. The van der Waals surface area contributed by atoms with Crippen molar-refractivity contribution in [3.8, 4) is 11.5 Å². The van der Waals surface area contributed by atoms with Crippen LogP contribution in [0.1, 0.15) is 44.9 Å². The summed E-state index contributed by atoms with van der Waals surface area (Å²) in [5.74, 6) is 0.547. The molecule has 32 heavy (non-hydrogen) atoms. The molecule has 170 valence electrons. The van der Waals surface area contributed by atoms with Gasteiger partial charge in [0.1, 0.15) is 5.75 Å². The van der Waals surface area contributed by atoms with Crippen LogP contribution in [0.3, 0.4) is 0 Å². The van der Waals surface area contributed by atoms with Gasteiger partial charge in [-0.3, -0.25) is 9.78 Å². The van der Waals surface area contributed by atoms with Crippen LogP contribution in [0.25, 0.3) is 0 Å². The van der Waals surface area contributed by atoms with E-state index in [4.69, 9.17) is 4.74 Å². The number of nitrogens with zero attached hydrogens (tertiary/aromatic N) is 3. The van der Waals surface area contributed by atoms with E-state index < -0.39 is 5.82 Å². The molecule has 1 aromatic carbocycles. The minimum atomic E-state index is -0.418. The summed E-state index contributed by atoms with van der Waals surface area (Å²) in [7, 11) is 0. The van der Waals surface area contributed by atoms with Crippen LogP contribution in [0.4, 0.5) is 10.1 Å². The maximum Gasteiger partial charge on any atom is 0.230 e. The molecule has 2 aliphatic heterocycles. The maximum atomic E-state index is 14.8. The fraction of sp³-hybridized carbons (Fsp3) is 0.520. The Morgan fingerprint density at radius 2 is 1.84 bits per heavy atom. The molecule has 1 spiro atoms. The molecule has 3 heterocycles. The number of rotatable bonds is 4. The van der Waals surface area contributed by atoms with Gasteiger partial charge < -0.3 is 19.6 Å². The summed E-state index contributed by atoms with van der Waals surface area (Å²) >= 11 is 0. The van der Waals surface area contributed by atoms with Crippen molar-refractivity contribution in [3.05, 3.63) is 48.5 Å². The number of piperidine rings is 1. The SMILES string of the molecule is O=C1N(C2CCC(O)CC2)CC[C@]12CCCN(c1ccc(Oc3ccncc3)c(F)c1)C2. The Labute approximate surface area is 188 Å². The van der Waals surface area contributed by atoms with Crippen molar-refractivity contribution in [1.29, 1.82) is 0 Å². The molecule has 6 nitrogen and oxygen atoms in total. The number of ether oxygens (including phenoxy) is 1. The van der Waals surface area contributed by atoms with Gasteiger partial charge in [0, 0.05) is 49.8 Å². The Kier molecular flexibility index (Phi) is 5.76. The van der Waals surface area contributed by atoms with Crippen LogP contribution in [-0.4, -0.2) is 52.7 Å². The molecule has 3 fully saturated rings. The quantitative estimate of drug-likeness (QED) is 0.776. The van der Waals surface area contributed by atoms with Gasteiger partial charge in [-0.15, -0.1) is 0 Å². The van der Waals surface area contributed by atoms with E-state index in [0.717, 1.165) is 63.7 Å². The first kappa shape index (κ1) is 21.2. The van der Waals surface area contributed by atoms with Crippen molar-refractivity contribution in [1.82, 2.24) is 9.88 Å². The third-order valence-corrected chi connectivity index (χ3v) is 7.39. The molecule has 2 saturated heterocycles. The van der Waals surface area contributed by atoms with Crippen molar-refractivity contribution in [2.75, 3.05) is 24.5 Å². The average Bonchev–Trinajstić information content (AvgIpc) is 3.12. The van der Waals surface area contributed by atoms with E-state index in [1.165, 1.54) is 6.07 Å². The second-order valence-corrected chi connectivity index (χ2v) is 9.42. The smallest absolute Gasteiger partial charge is 0.230 e. The molecule has 3 aliphatic rings. The van der Waals surface area contributed by atoms with Crippen LogP contribution < -0.4 is 9.64 Å². The summed E-state index contributed by atoms with van der Waals surface area (Å²) in [6.45, 7) is 2.23. The fourth-order valence-electron chi connectivity index (χ4n) is 5.60. The number of pyridine rings is 1. The first-order chi connectivity index (χ1) is 15.5. The van der Waals surface area contributed by atoms with Gasteiger partial charge in [0.05, 0.1) is 11.5 Å². The Morgan fingerprint density at radius 3 is 2.59 bits per heavy atom. The number of carbonyl (C=O) groups excluding carboxylic acids is 1. The number of anilines is 1. The Morgan fingerprint density at radius 1 is 1.06 bits per heavy atom. The molecule has 0 bridgehead atoms.